The maximum Gasteiger partial charge on any atom is 0.280 e. The van der Waals surface area contributed by atoms with E-state index in [2.05, 4.69) is 16.7 Å². The Bertz CT molecular complexity index is 959. The van der Waals surface area contributed by atoms with Crippen molar-refractivity contribution >= 4 is 17.3 Å². The van der Waals surface area contributed by atoms with Crippen molar-refractivity contribution in [2.24, 2.45) is 5.73 Å². The van der Waals surface area contributed by atoms with Gasteiger partial charge < -0.3 is 5.73 Å². The fraction of sp³-hybridized carbons (Fsp3) is 0.158. The van der Waals surface area contributed by atoms with E-state index in [1.807, 2.05) is 6.92 Å². The number of Topliss-reactive ketones (excluding diaryl/α,β-unsaturated/α-hetero) is 1. The average Bonchev–Trinajstić information content (AvgIpc) is 3.08. The van der Waals surface area contributed by atoms with Crippen LogP contribution in [0.4, 0.5) is 8.78 Å². The first kappa shape index (κ1) is 19.9. The number of aromatic nitrogens is 3. The van der Waals surface area contributed by atoms with Gasteiger partial charge in [-0.1, -0.05) is 30.9 Å². The zero-order valence-corrected chi connectivity index (χ0v) is 14.8. The van der Waals surface area contributed by atoms with Crippen LogP contribution in [0.2, 0.25) is 0 Å². The number of halogens is 2. The fourth-order valence-corrected chi connectivity index (χ4v) is 2.34. The predicted molar refractivity (Wildman–Crippen MR) is 97.8 cm³/mol. The third-order valence-corrected chi connectivity index (χ3v) is 3.65. The molecule has 2 N–H and O–H groups in total. The highest BCUT2D eigenvalue weighted by Gasteiger charge is 2.24. The number of nitrogens with zero attached hydrogens (tertiary/aromatic N) is 3. The minimum atomic E-state index is -2.95. The van der Waals surface area contributed by atoms with Gasteiger partial charge >= 0.3 is 0 Å². The quantitative estimate of drug-likeness (QED) is 0.593. The molecule has 140 valence electrons. The number of amides is 1. The van der Waals surface area contributed by atoms with Gasteiger partial charge in [0.25, 0.3) is 12.3 Å². The number of pyridine rings is 1. The monoisotopic (exact) mass is 372 g/mol. The van der Waals surface area contributed by atoms with E-state index in [0.717, 1.165) is 10.7 Å². The first-order valence-electron chi connectivity index (χ1n) is 7.96. The van der Waals surface area contributed by atoms with Crippen LogP contribution in [0.15, 0.2) is 49.1 Å². The first-order valence-corrected chi connectivity index (χ1v) is 7.96. The molecule has 0 aromatic carbocycles. The van der Waals surface area contributed by atoms with Crippen LogP contribution in [0.3, 0.4) is 0 Å². The van der Waals surface area contributed by atoms with Crippen molar-refractivity contribution in [3.8, 4) is 5.82 Å². The molecule has 0 unspecified atom stereocenters. The van der Waals surface area contributed by atoms with Crippen LogP contribution < -0.4 is 5.73 Å². The Morgan fingerprint density at radius 3 is 2.52 bits per heavy atom. The Hall–Kier alpha value is -3.42. The molecular weight excluding hydrogens is 354 g/mol. The molecule has 0 fully saturated rings. The number of carbonyl (C=O) groups is 2. The molecular formula is C19H18F2N4O2. The van der Waals surface area contributed by atoms with Gasteiger partial charge in [-0.3, -0.25) is 9.59 Å². The number of nitrogens with two attached hydrogens (primary N) is 1. The molecule has 27 heavy (non-hydrogen) atoms. The molecule has 0 aliphatic rings. The summed E-state index contributed by atoms with van der Waals surface area (Å²) in [5.74, 6) is -1.47. The largest absolute Gasteiger partial charge is 0.364 e. The summed E-state index contributed by atoms with van der Waals surface area (Å²) in [6.45, 7) is 6.83. The Kier molecular flexibility index (Phi) is 6.12. The number of hydrogen-bond donors (Lipinski definition) is 1. The zero-order valence-electron chi connectivity index (χ0n) is 14.8. The lowest BCUT2D eigenvalue weighted by molar-refractivity contribution is 0.0993. The van der Waals surface area contributed by atoms with Crippen molar-refractivity contribution in [3.63, 3.8) is 0 Å². The van der Waals surface area contributed by atoms with Gasteiger partial charge in [-0.15, -0.1) is 0 Å². The summed E-state index contributed by atoms with van der Waals surface area (Å²) < 4.78 is 27.7. The number of allylic oxidation sites excluding steroid dienone is 5. The van der Waals surface area contributed by atoms with E-state index < -0.39 is 23.8 Å². The van der Waals surface area contributed by atoms with Gasteiger partial charge in [0, 0.05) is 0 Å². The molecule has 0 saturated carbocycles. The Labute approximate surface area is 154 Å². The number of hydrogen-bond acceptors (Lipinski definition) is 4. The summed E-state index contributed by atoms with van der Waals surface area (Å²) in [7, 11) is 0. The minimum absolute atomic E-state index is 0.0780. The lowest BCUT2D eigenvalue weighted by atomic mass is 10.1. The number of rotatable bonds is 7. The number of primary amides is 1. The van der Waals surface area contributed by atoms with E-state index in [0.29, 0.717) is 11.3 Å². The van der Waals surface area contributed by atoms with E-state index in [1.54, 1.807) is 30.4 Å². The molecule has 0 saturated heterocycles. The number of alkyl halides is 2. The smallest absolute Gasteiger partial charge is 0.280 e. The summed E-state index contributed by atoms with van der Waals surface area (Å²) in [6, 6.07) is 3.93. The molecule has 0 atom stereocenters. The number of carbonyl (C=O) groups excluding carboxylic acids is 2. The summed E-state index contributed by atoms with van der Waals surface area (Å²) in [4.78, 5) is 27.7. The third-order valence-electron chi connectivity index (χ3n) is 3.65. The molecule has 0 aliphatic heterocycles. The molecule has 0 radical (unpaired) electrons. The second kappa shape index (κ2) is 8.31. The highest BCUT2D eigenvalue weighted by atomic mass is 19.3. The van der Waals surface area contributed by atoms with Crippen molar-refractivity contribution in [2.75, 3.05) is 0 Å². The standard InChI is InChI=1S/C19H18F2N4O2/c1-4-6-7-12(5-2)14-9-8-13(11(3)26)19(23-14)25-16(17(20)21)10-15(24-25)18(22)27/h4-10,17H,2H2,1,3H3,(H2,22,27)/b6-4-,12-7-. The van der Waals surface area contributed by atoms with Crippen molar-refractivity contribution in [1.82, 2.24) is 14.8 Å². The van der Waals surface area contributed by atoms with Crippen molar-refractivity contribution in [3.05, 3.63) is 71.7 Å². The molecule has 1 amide bonds. The summed E-state index contributed by atoms with van der Waals surface area (Å²) in [5.41, 5.74) is 5.31. The van der Waals surface area contributed by atoms with Crippen LogP contribution in [0.25, 0.3) is 11.4 Å². The molecule has 0 spiro atoms. The molecule has 0 bridgehead atoms. The SMILES string of the molecule is C=C/C(=C/C=C\C)c1ccc(C(C)=O)c(-n2nc(C(N)=O)cc2C(F)F)n1. The van der Waals surface area contributed by atoms with Crippen molar-refractivity contribution < 1.29 is 18.4 Å². The molecule has 6 nitrogen and oxygen atoms in total. The third kappa shape index (κ3) is 4.22. The van der Waals surface area contributed by atoms with Gasteiger partial charge in [-0.2, -0.15) is 5.10 Å². The molecule has 8 heteroatoms. The first-order chi connectivity index (χ1) is 12.8. The van der Waals surface area contributed by atoms with Crippen LogP contribution in [-0.2, 0) is 0 Å². The van der Waals surface area contributed by atoms with Gasteiger partial charge in [0.05, 0.1) is 11.3 Å². The second-order valence-electron chi connectivity index (χ2n) is 5.51. The molecule has 2 aromatic heterocycles. The average molecular weight is 372 g/mol. The fourth-order valence-electron chi connectivity index (χ4n) is 2.34. The minimum Gasteiger partial charge on any atom is -0.364 e. The van der Waals surface area contributed by atoms with Crippen LogP contribution in [0, 0.1) is 0 Å². The van der Waals surface area contributed by atoms with Gasteiger partial charge in [-0.05, 0) is 37.6 Å². The second-order valence-corrected chi connectivity index (χ2v) is 5.51. The highest BCUT2D eigenvalue weighted by Crippen LogP contribution is 2.26. The van der Waals surface area contributed by atoms with Gasteiger partial charge in [0.2, 0.25) is 0 Å². The van der Waals surface area contributed by atoms with E-state index in [-0.39, 0.29) is 17.1 Å². The summed E-state index contributed by atoms with van der Waals surface area (Å²) >= 11 is 0. The maximum atomic E-state index is 13.5. The van der Waals surface area contributed by atoms with Crippen LogP contribution in [-0.4, -0.2) is 26.5 Å². The normalized spacial score (nSPS) is 12.0. The van der Waals surface area contributed by atoms with E-state index >= 15 is 0 Å². The van der Waals surface area contributed by atoms with Crippen molar-refractivity contribution in [1.29, 1.82) is 0 Å². The Morgan fingerprint density at radius 2 is 2.00 bits per heavy atom. The molecule has 2 heterocycles. The van der Waals surface area contributed by atoms with Gasteiger partial charge in [-0.25, -0.2) is 18.4 Å². The van der Waals surface area contributed by atoms with E-state index in [9.17, 15) is 18.4 Å². The van der Waals surface area contributed by atoms with Crippen LogP contribution in [0.5, 0.6) is 0 Å². The van der Waals surface area contributed by atoms with Gasteiger partial charge in [0.15, 0.2) is 17.3 Å². The summed E-state index contributed by atoms with van der Waals surface area (Å²) in [5, 5.41) is 3.82. The molecule has 2 rings (SSSR count). The highest BCUT2D eigenvalue weighted by molar-refractivity contribution is 5.97. The topological polar surface area (TPSA) is 90.9 Å². The zero-order chi connectivity index (χ0) is 20.1. The molecule has 0 aliphatic carbocycles. The lowest BCUT2D eigenvalue weighted by Crippen LogP contribution is -2.14. The predicted octanol–water partition coefficient (Wildman–Crippen LogP) is 3.65. The van der Waals surface area contributed by atoms with E-state index in [4.69, 9.17) is 5.73 Å². The lowest BCUT2D eigenvalue weighted by Gasteiger charge is -2.12. The molecule has 2 aromatic rings. The number of ketones is 1. The van der Waals surface area contributed by atoms with E-state index in [1.165, 1.54) is 13.0 Å². The Morgan fingerprint density at radius 1 is 1.30 bits per heavy atom. The van der Waals surface area contributed by atoms with Crippen LogP contribution >= 0.6 is 0 Å². The summed E-state index contributed by atoms with van der Waals surface area (Å²) in [6.07, 6.45) is 3.90. The van der Waals surface area contributed by atoms with Crippen LogP contribution in [0.1, 0.15) is 52.5 Å². The Balaban J connectivity index is 2.78. The van der Waals surface area contributed by atoms with Gasteiger partial charge in [0.1, 0.15) is 5.69 Å². The van der Waals surface area contributed by atoms with Crippen molar-refractivity contribution in [2.45, 2.75) is 20.3 Å². The maximum absolute atomic E-state index is 13.5.